The molecule has 4 rings (SSSR count). The molecule has 1 aromatic carbocycles. The number of fused-ring (bicyclic) bond motifs is 1. The number of nitrogens with one attached hydrogen (secondary N) is 1. The third-order valence-corrected chi connectivity index (χ3v) is 6.38. The summed E-state index contributed by atoms with van der Waals surface area (Å²) in [6.45, 7) is 4.17. The number of hydrogen-bond donors (Lipinski definition) is 2. The van der Waals surface area contributed by atoms with E-state index in [1.54, 1.807) is 12.3 Å². The van der Waals surface area contributed by atoms with Gasteiger partial charge in [0.05, 0.1) is 25.4 Å². The lowest BCUT2D eigenvalue weighted by Gasteiger charge is -2.35. The molecule has 1 aliphatic heterocycles. The van der Waals surface area contributed by atoms with Gasteiger partial charge in [-0.1, -0.05) is 13.0 Å². The molecule has 0 aliphatic carbocycles. The maximum absolute atomic E-state index is 14.3. The Morgan fingerprint density at radius 3 is 2.71 bits per heavy atom. The Kier molecular flexibility index (Phi) is 6.90. The predicted molar refractivity (Wildman–Crippen MR) is 121 cm³/mol. The average molecular weight is 472 g/mol. The largest absolute Gasteiger partial charge is 0.369 e. The summed E-state index contributed by atoms with van der Waals surface area (Å²) in [6, 6.07) is 5.18. The fourth-order valence-corrected chi connectivity index (χ4v) is 4.66. The molecule has 2 amide bonds. The molecule has 34 heavy (non-hydrogen) atoms. The van der Waals surface area contributed by atoms with Gasteiger partial charge in [-0.05, 0) is 36.6 Å². The zero-order chi connectivity index (χ0) is 24.4. The standard InChI is InChI=1S/C24H27F2N5O3/c1-14-10-30(6-5-18(14)23(27)32)11-16-13-31(12-15-3-4-17(25)7-20(15)26)22-9-28-21(8-19(16)22)24(33)29-34-2/h3-4,7-9,13-14,18H,5-6,10-12H2,1-2H3,(H2,27,32)(H,29,33)/t14?,18-/m0/s1. The number of piperidine rings is 1. The highest BCUT2D eigenvalue weighted by Crippen LogP contribution is 2.28. The number of hydroxylamine groups is 1. The summed E-state index contributed by atoms with van der Waals surface area (Å²) < 4.78 is 29.5. The van der Waals surface area contributed by atoms with E-state index in [-0.39, 0.29) is 30.0 Å². The van der Waals surface area contributed by atoms with Crippen LogP contribution in [0.5, 0.6) is 0 Å². The number of pyridine rings is 1. The van der Waals surface area contributed by atoms with E-state index in [0.29, 0.717) is 37.1 Å². The number of halogens is 2. The van der Waals surface area contributed by atoms with E-state index in [1.165, 1.54) is 19.2 Å². The average Bonchev–Trinajstić information content (AvgIpc) is 3.12. The summed E-state index contributed by atoms with van der Waals surface area (Å²) in [5.41, 5.74) is 9.95. The van der Waals surface area contributed by atoms with Gasteiger partial charge in [-0.3, -0.25) is 19.3 Å². The third kappa shape index (κ3) is 4.92. The lowest BCUT2D eigenvalue weighted by Crippen LogP contribution is -2.43. The van der Waals surface area contributed by atoms with Crippen LogP contribution >= 0.6 is 0 Å². The number of carbonyl (C=O) groups is 2. The fourth-order valence-electron chi connectivity index (χ4n) is 4.66. The normalized spacial score (nSPS) is 18.8. The summed E-state index contributed by atoms with van der Waals surface area (Å²) in [5, 5.41) is 0.795. The van der Waals surface area contributed by atoms with Gasteiger partial charge in [-0.25, -0.2) is 19.2 Å². The molecule has 8 nitrogen and oxygen atoms in total. The van der Waals surface area contributed by atoms with Crippen molar-refractivity contribution in [3.05, 3.63) is 65.1 Å². The van der Waals surface area contributed by atoms with Crippen LogP contribution in [0.15, 0.2) is 36.7 Å². The molecule has 1 saturated heterocycles. The molecule has 2 atom stereocenters. The van der Waals surface area contributed by atoms with Crippen molar-refractivity contribution in [1.29, 1.82) is 0 Å². The Labute approximate surface area is 195 Å². The van der Waals surface area contributed by atoms with Crippen molar-refractivity contribution in [2.45, 2.75) is 26.4 Å². The van der Waals surface area contributed by atoms with Crippen molar-refractivity contribution in [2.24, 2.45) is 17.6 Å². The summed E-state index contributed by atoms with van der Waals surface area (Å²) >= 11 is 0. The molecule has 3 N–H and O–H groups in total. The molecule has 1 fully saturated rings. The van der Waals surface area contributed by atoms with Gasteiger partial charge in [0.25, 0.3) is 5.91 Å². The van der Waals surface area contributed by atoms with Gasteiger partial charge in [0.1, 0.15) is 17.3 Å². The minimum atomic E-state index is -0.636. The lowest BCUT2D eigenvalue weighted by atomic mass is 9.86. The molecule has 0 saturated carbocycles. The van der Waals surface area contributed by atoms with Crippen molar-refractivity contribution in [1.82, 2.24) is 19.9 Å². The summed E-state index contributed by atoms with van der Waals surface area (Å²) in [4.78, 5) is 35.1. The smallest absolute Gasteiger partial charge is 0.293 e. The minimum Gasteiger partial charge on any atom is -0.369 e. The zero-order valence-corrected chi connectivity index (χ0v) is 19.1. The topological polar surface area (TPSA) is 102 Å². The Morgan fingerprint density at radius 2 is 2.03 bits per heavy atom. The van der Waals surface area contributed by atoms with Gasteiger partial charge in [-0.15, -0.1) is 0 Å². The molecule has 0 radical (unpaired) electrons. The highest BCUT2D eigenvalue weighted by atomic mass is 19.1. The van der Waals surface area contributed by atoms with E-state index in [2.05, 4.69) is 15.4 Å². The second-order valence-electron chi connectivity index (χ2n) is 8.75. The minimum absolute atomic E-state index is 0.123. The molecular weight excluding hydrogens is 444 g/mol. The number of aromatic nitrogens is 2. The van der Waals surface area contributed by atoms with Crippen molar-refractivity contribution in [3.63, 3.8) is 0 Å². The van der Waals surface area contributed by atoms with Crippen LogP contribution in [0.3, 0.4) is 0 Å². The Morgan fingerprint density at radius 1 is 1.24 bits per heavy atom. The van der Waals surface area contributed by atoms with Crippen LogP contribution in [0, 0.1) is 23.5 Å². The molecule has 1 aliphatic rings. The van der Waals surface area contributed by atoms with Gasteiger partial charge in [0.2, 0.25) is 5.91 Å². The van der Waals surface area contributed by atoms with E-state index in [0.717, 1.165) is 17.0 Å². The van der Waals surface area contributed by atoms with Gasteiger partial charge in [0, 0.05) is 42.2 Å². The number of benzene rings is 1. The number of primary amides is 1. The molecule has 0 spiro atoms. The van der Waals surface area contributed by atoms with Gasteiger partial charge >= 0.3 is 0 Å². The Balaban J connectivity index is 1.68. The maximum Gasteiger partial charge on any atom is 0.293 e. The number of nitrogens with zero attached hydrogens (tertiary/aromatic N) is 3. The maximum atomic E-state index is 14.3. The fraction of sp³-hybridized carbons (Fsp3) is 0.375. The Hall–Kier alpha value is -3.37. The number of amides is 2. The quantitative estimate of drug-likeness (QED) is 0.516. The van der Waals surface area contributed by atoms with Crippen LogP contribution in [0.4, 0.5) is 8.78 Å². The van der Waals surface area contributed by atoms with E-state index >= 15 is 0 Å². The van der Waals surface area contributed by atoms with Gasteiger partial charge < -0.3 is 10.3 Å². The first kappa shape index (κ1) is 23.8. The number of hydrogen-bond acceptors (Lipinski definition) is 5. The highest BCUT2D eigenvalue weighted by Gasteiger charge is 2.30. The first-order valence-electron chi connectivity index (χ1n) is 11.0. The van der Waals surface area contributed by atoms with Crippen molar-refractivity contribution < 1.29 is 23.2 Å². The van der Waals surface area contributed by atoms with Crippen LogP contribution in [-0.2, 0) is 22.7 Å². The van der Waals surface area contributed by atoms with Gasteiger partial charge in [0.15, 0.2) is 0 Å². The van der Waals surface area contributed by atoms with Crippen LogP contribution in [0.25, 0.3) is 10.9 Å². The molecule has 3 heterocycles. The highest BCUT2D eigenvalue weighted by molar-refractivity contribution is 5.96. The molecule has 2 aromatic heterocycles. The van der Waals surface area contributed by atoms with E-state index in [9.17, 15) is 18.4 Å². The second-order valence-corrected chi connectivity index (χ2v) is 8.75. The van der Waals surface area contributed by atoms with E-state index in [4.69, 9.17) is 10.6 Å². The molecule has 0 bridgehead atoms. The monoisotopic (exact) mass is 471 g/mol. The third-order valence-electron chi connectivity index (χ3n) is 6.38. The molecule has 180 valence electrons. The van der Waals surface area contributed by atoms with Gasteiger partial charge in [-0.2, -0.15) is 0 Å². The Bertz CT molecular complexity index is 1230. The SMILES string of the molecule is CONC(=O)c1cc2c(CN3CC[C@H](C(N)=O)C(C)C3)cn(Cc3ccc(F)cc3F)c2cn1. The number of likely N-dealkylation sites (tertiary alicyclic amines) is 1. The lowest BCUT2D eigenvalue weighted by molar-refractivity contribution is -0.125. The summed E-state index contributed by atoms with van der Waals surface area (Å²) in [5.74, 6) is -2.04. The number of rotatable bonds is 7. The zero-order valence-electron chi connectivity index (χ0n) is 19.1. The summed E-state index contributed by atoms with van der Waals surface area (Å²) in [6.07, 6.45) is 4.14. The molecule has 1 unspecified atom stereocenters. The predicted octanol–water partition coefficient (Wildman–Crippen LogP) is 2.60. The number of carbonyl (C=O) groups excluding carboxylic acids is 2. The summed E-state index contributed by atoms with van der Waals surface area (Å²) in [7, 11) is 1.34. The van der Waals surface area contributed by atoms with Crippen molar-refractivity contribution in [2.75, 3.05) is 20.2 Å². The molecule has 3 aromatic rings. The van der Waals surface area contributed by atoms with Crippen LogP contribution in [0.2, 0.25) is 0 Å². The van der Waals surface area contributed by atoms with Crippen molar-refractivity contribution in [3.8, 4) is 0 Å². The molecule has 10 heteroatoms. The van der Waals surface area contributed by atoms with Crippen LogP contribution < -0.4 is 11.2 Å². The van der Waals surface area contributed by atoms with E-state index in [1.807, 2.05) is 17.7 Å². The molecular formula is C24H27F2N5O3. The first-order chi connectivity index (χ1) is 16.3. The number of nitrogens with two attached hydrogens (primary N) is 1. The first-order valence-corrected chi connectivity index (χ1v) is 11.0. The van der Waals surface area contributed by atoms with Crippen molar-refractivity contribution >= 4 is 22.7 Å². The van der Waals surface area contributed by atoms with Crippen LogP contribution in [0.1, 0.15) is 35.0 Å². The van der Waals surface area contributed by atoms with E-state index < -0.39 is 17.5 Å². The van der Waals surface area contributed by atoms with Crippen LogP contribution in [-0.4, -0.2) is 46.5 Å². The second kappa shape index (κ2) is 9.86.